The fourth-order valence-corrected chi connectivity index (χ4v) is 2.47. The van der Waals surface area contributed by atoms with E-state index in [1.165, 1.54) is 0 Å². The van der Waals surface area contributed by atoms with E-state index in [0.29, 0.717) is 5.75 Å². The van der Waals surface area contributed by atoms with E-state index < -0.39 is 10.6 Å². The van der Waals surface area contributed by atoms with Crippen LogP contribution in [-0.2, 0) is 0 Å². The van der Waals surface area contributed by atoms with Crippen molar-refractivity contribution in [1.29, 1.82) is 0 Å². The highest BCUT2D eigenvalue weighted by Gasteiger charge is 2.24. The number of rotatable bonds is 6. The van der Waals surface area contributed by atoms with Crippen LogP contribution in [0.5, 0.6) is 0 Å². The third-order valence-electron chi connectivity index (χ3n) is 1.47. The molecule has 0 unspecified atom stereocenters. The summed E-state index contributed by atoms with van der Waals surface area (Å²) >= 11 is 23.3. The molecule has 0 saturated carbocycles. The number of nitro groups is 1. The summed E-state index contributed by atoms with van der Waals surface area (Å²) in [6, 6.07) is 0. The van der Waals surface area contributed by atoms with Gasteiger partial charge in [0.05, 0.1) is 4.92 Å². The van der Waals surface area contributed by atoms with Gasteiger partial charge in [-0.1, -0.05) is 59.7 Å². The zero-order chi connectivity index (χ0) is 12.7. The Labute approximate surface area is 118 Å². The minimum absolute atomic E-state index is 0.0118. The fraction of sp³-hybridized carbons (Fsp3) is 0.500. The van der Waals surface area contributed by atoms with Crippen LogP contribution >= 0.6 is 58.2 Å². The number of thioether (sulfide) groups is 1. The van der Waals surface area contributed by atoms with E-state index in [-0.39, 0.29) is 13.9 Å². The van der Waals surface area contributed by atoms with Gasteiger partial charge < -0.3 is 0 Å². The molecule has 0 N–H and O–H groups in total. The topological polar surface area (TPSA) is 43.1 Å². The van der Waals surface area contributed by atoms with Gasteiger partial charge in [-0.3, -0.25) is 10.1 Å². The molecule has 0 aromatic carbocycles. The van der Waals surface area contributed by atoms with Gasteiger partial charge in [0.1, 0.15) is 4.49 Å². The van der Waals surface area contributed by atoms with Crippen LogP contribution in [0.25, 0.3) is 0 Å². The summed E-state index contributed by atoms with van der Waals surface area (Å²) in [5, 5.41) is 10.4. The Balaban J connectivity index is 4.95. The molecule has 3 nitrogen and oxygen atoms in total. The molecule has 0 atom stereocenters. The average Bonchev–Trinajstić information content (AvgIpc) is 2.17. The lowest BCUT2D eigenvalue weighted by Gasteiger charge is -2.01. The molecule has 0 saturated heterocycles. The molecule has 0 amide bonds. The molecular weight excluding hydrogens is 316 g/mol. The highest BCUT2D eigenvalue weighted by molar-refractivity contribution is 8.04. The molecule has 0 radical (unpaired) electrons. The minimum atomic E-state index is -0.700. The molecule has 16 heavy (non-hydrogen) atoms. The fourth-order valence-electron chi connectivity index (χ4n) is 0.702. The van der Waals surface area contributed by atoms with Crippen LogP contribution in [-0.4, -0.2) is 10.7 Å². The maximum Gasteiger partial charge on any atom is 0.315 e. The van der Waals surface area contributed by atoms with Crippen LogP contribution in [0, 0.1) is 10.1 Å². The molecule has 0 fully saturated rings. The van der Waals surface area contributed by atoms with Crippen LogP contribution in [0.4, 0.5) is 0 Å². The third-order valence-corrected chi connectivity index (χ3v) is 3.85. The van der Waals surface area contributed by atoms with Gasteiger partial charge in [-0.2, -0.15) is 0 Å². The minimum Gasteiger partial charge on any atom is -0.258 e. The first-order valence-corrected chi connectivity index (χ1v) is 6.79. The molecule has 0 aliphatic rings. The maximum absolute atomic E-state index is 10.7. The highest BCUT2D eigenvalue weighted by Crippen LogP contribution is 2.34. The van der Waals surface area contributed by atoms with E-state index in [0.717, 1.165) is 24.6 Å². The summed E-state index contributed by atoms with van der Waals surface area (Å²) in [6.45, 7) is 2.01. The number of nitrogens with zero attached hydrogens (tertiary/aromatic N) is 1. The Morgan fingerprint density at radius 3 is 2.25 bits per heavy atom. The monoisotopic (exact) mass is 323 g/mol. The van der Waals surface area contributed by atoms with Crippen LogP contribution < -0.4 is 0 Å². The Morgan fingerprint density at radius 1 is 1.31 bits per heavy atom. The van der Waals surface area contributed by atoms with E-state index >= 15 is 0 Å². The summed E-state index contributed by atoms with van der Waals surface area (Å²) in [7, 11) is 0. The lowest BCUT2D eigenvalue weighted by Crippen LogP contribution is -2.01. The molecule has 0 rings (SSSR count). The molecule has 0 heterocycles. The molecule has 8 heteroatoms. The number of hydrogen-bond donors (Lipinski definition) is 0. The molecule has 0 aromatic rings. The standard InChI is InChI=1S/C8H9Cl4NO2S/c1-2-3-4-16-8(12)6(13(14)15)5(9)7(10)11/h2-4H2,1H3/b8-6-. The second-order valence-electron chi connectivity index (χ2n) is 2.66. The van der Waals surface area contributed by atoms with Crippen LogP contribution in [0.1, 0.15) is 19.8 Å². The third kappa shape index (κ3) is 5.64. The van der Waals surface area contributed by atoms with Crippen molar-refractivity contribution >= 4 is 58.2 Å². The molecule has 0 aliphatic heterocycles. The largest absolute Gasteiger partial charge is 0.315 e. The van der Waals surface area contributed by atoms with Crippen molar-refractivity contribution in [3.63, 3.8) is 0 Å². The second kappa shape index (κ2) is 8.48. The van der Waals surface area contributed by atoms with E-state index in [2.05, 4.69) is 0 Å². The quantitative estimate of drug-likeness (QED) is 0.296. The maximum atomic E-state index is 10.7. The van der Waals surface area contributed by atoms with E-state index in [1.807, 2.05) is 6.92 Å². The van der Waals surface area contributed by atoms with Gasteiger partial charge in [-0.15, -0.1) is 11.8 Å². The van der Waals surface area contributed by atoms with E-state index in [4.69, 9.17) is 46.4 Å². The summed E-state index contributed by atoms with van der Waals surface area (Å²) in [5.74, 6) is 0.677. The molecule has 0 aromatic heterocycles. The van der Waals surface area contributed by atoms with Crippen molar-refractivity contribution < 1.29 is 4.92 Å². The van der Waals surface area contributed by atoms with Crippen molar-refractivity contribution in [2.75, 3.05) is 5.75 Å². The highest BCUT2D eigenvalue weighted by atomic mass is 35.5. The summed E-state index contributed by atoms with van der Waals surface area (Å²) < 4.78 is -0.384. The van der Waals surface area contributed by atoms with Crippen molar-refractivity contribution in [3.05, 3.63) is 29.7 Å². The summed E-state index contributed by atoms with van der Waals surface area (Å²) in [5.41, 5.74) is -0.454. The van der Waals surface area contributed by atoms with Gasteiger partial charge in [0.15, 0.2) is 9.40 Å². The molecule has 92 valence electrons. The number of unbranched alkanes of at least 4 members (excludes halogenated alkanes) is 1. The number of allylic oxidation sites excluding steroid dienone is 1. The lowest BCUT2D eigenvalue weighted by molar-refractivity contribution is -0.419. The van der Waals surface area contributed by atoms with Gasteiger partial charge in [0.2, 0.25) is 0 Å². The predicted octanol–water partition coefficient (Wildman–Crippen LogP) is 5.09. The first-order chi connectivity index (χ1) is 7.41. The van der Waals surface area contributed by atoms with Crippen LogP contribution in [0.2, 0.25) is 0 Å². The number of hydrogen-bond acceptors (Lipinski definition) is 3. The first kappa shape index (κ1) is 16.4. The van der Waals surface area contributed by atoms with Gasteiger partial charge >= 0.3 is 5.70 Å². The zero-order valence-electron chi connectivity index (χ0n) is 8.31. The van der Waals surface area contributed by atoms with Gasteiger partial charge in [-0.25, -0.2) is 0 Å². The predicted molar refractivity (Wildman–Crippen MR) is 71.8 cm³/mol. The van der Waals surface area contributed by atoms with E-state index in [1.54, 1.807) is 0 Å². The average molecular weight is 325 g/mol. The van der Waals surface area contributed by atoms with Crippen LogP contribution in [0.15, 0.2) is 19.6 Å². The molecule has 0 bridgehead atoms. The summed E-state index contributed by atoms with van der Waals surface area (Å²) in [4.78, 5) is 10.0. The van der Waals surface area contributed by atoms with Crippen LogP contribution in [0.3, 0.4) is 0 Å². The van der Waals surface area contributed by atoms with Gasteiger partial charge in [-0.05, 0) is 12.2 Å². The SMILES string of the molecule is CCCCS/C(Cl)=C(/C(Cl)=C(Cl)Cl)[N+](=O)[O-]. The van der Waals surface area contributed by atoms with Gasteiger partial charge in [0, 0.05) is 0 Å². The molecule has 0 aliphatic carbocycles. The molecular formula is C8H9Cl4NO2S. The normalized spacial score (nSPS) is 12.1. The van der Waals surface area contributed by atoms with Crippen molar-refractivity contribution in [3.8, 4) is 0 Å². The second-order valence-corrected chi connectivity index (χ2v) is 5.69. The molecule has 0 spiro atoms. The van der Waals surface area contributed by atoms with E-state index in [9.17, 15) is 10.1 Å². The van der Waals surface area contributed by atoms with Gasteiger partial charge in [0.25, 0.3) is 0 Å². The Kier molecular flexibility index (Phi) is 8.68. The van der Waals surface area contributed by atoms with Crippen molar-refractivity contribution in [2.24, 2.45) is 0 Å². The Bertz CT molecular complexity index is 326. The first-order valence-electron chi connectivity index (χ1n) is 4.29. The van der Waals surface area contributed by atoms with Crippen molar-refractivity contribution in [1.82, 2.24) is 0 Å². The lowest BCUT2D eigenvalue weighted by atomic mass is 10.4. The zero-order valence-corrected chi connectivity index (χ0v) is 12.1. The van der Waals surface area contributed by atoms with Crippen molar-refractivity contribution in [2.45, 2.75) is 19.8 Å². The number of halogens is 4. The smallest absolute Gasteiger partial charge is 0.258 e. The summed E-state index contributed by atoms with van der Waals surface area (Å²) in [6.07, 6.45) is 1.88. The Hall–Kier alpha value is 0.390. The Morgan fingerprint density at radius 2 is 1.88 bits per heavy atom.